The molecular weight excluding hydrogens is 278 g/mol. The molecule has 4 heteroatoms. The first-order valence-corrected chi connectivity index (χ1v) is 8.05. The molecule has 0 heterocycles. The van der Waals surface area contributed by atoms with E-state index in [1.807, 2.05) is 51.1 Å². The summed E-state index contributed by atoms with van der Waals surface area (Å²) in [4.78, 5) is 14.3. The second kappa shape index (κ2) is 7.14. The van der Waals surface area contributed by atoms with E-state index in [1.54, 1.807) is 4.90 Å². The van der Waals surface area contributed by atoms with Crippen LogP contribution in [0.25, 0.3) is 0 Å². The highest BCUT2D eigenvalue weighted by atomic mass is 16.6. The van der Waals surface area contributed by atoms with Crippen LogP contribution >= 0.6 is 0 Å². The number of nitrogens with zero attached hydrogens (tertiary/aromatic N) is 1. The van der Waals surface area contributed by atoms with Crippen LogP contribution in [0.5, 0.6) is 0 Å². The third-order valence-electron chi connectivity index (χ3n) is 4.11. The van der Waals surface area contributed by atoms with Gasteiger partial charge in [-0.25, -0.2) is 4.79 Å². The Morgan fingerprint density at radius 3 is 2.41 bits per heavy atom. The van der Waals surface area contributed by atoms with E-state index in [-0.39, 0.29) is 18.7 Å². The van der Waals surface area contributed by atoms with Gasteiger partial charge in [-0.3, -0.25) is 4.90 Å². The van der Waals surface area contributed by atoms with Crippen molar-refractivity contribution in [3.8, 4) is 0 Å². The van der Waals surface area contributed by atoms with E-state index in [9.17, 15) is 9.90 Å². The molecule has 0 spiro atoms. The van der Waals surface area contributed by atoms with Gasteiger partial charge in [0.25, 0.3) is 0 Å². The molecule has 22 heavy (non-hydrogen) atoms. The van der Waals surface area contributed by atoms with Gasteiger partial charge < -0.3 is 9.84 Å². The summed E-state index contributed by atoms with van der Waals surface area (Å²) in [5, 5.41) is 9.81. The maximum atomic E-state index is 12.6. The molecule has 0 radical (unpaired) electrons. The Balaban J connectivity index is 2.17. The quantitative estimate of drug-likeness (QED) is 0.904. The van der Waals surface area contributed by atoms with Crippen LogP contribution in [0.2, 0.25) is 0 Å². The summed E-state index contributed by atoms with van der Waals surface area (Å²) < 4.78 is 5.55. The van der Waals surface area contributed by atoms with Gasteiger partial charge in [0.05, 0.1) is 12.6 Å². The van der Waals surface area contributed by atoms with Crippen LogP contribution in [0.4, 0.5) is 4.79 Å². The minimum absolute atomic E-state index is 0.0171. The van der Waals surface area contributed by atoms with Crippen LogP contribution in [0.1, 0.15) is 45.6 Å². The zero-order chi connectivity index (χ0) is 16.2. The van der Waals surface area contributed by atoms with Crippen molar-refractivity contribution in [3.63, 3.8) is 0 Å². The third kappa shape index (κ3) is 4.47. The fraction of sp³-hybridized carbons (Fsp3) is 0.611. The Hall–Kier alpha value is -1.55. The van der Waals surface area contributed by atoms with Gasteiger partial charge in [-0.2, -0.15) is 0 Å². The van der Waals surface area contributed by atoms with E-state index in [0.717, 1.165) is 18.4 Å². The molecule has 0 saturated heterocycles. The highest BCUT2D eigenvalue weighted by Gasteiger charge is 2.35. The van der Waals surface area contributed by atoms with Crippen molar-refractivity contribution in [2.24, 2.45) is 5.92 Å². The number of aliphatic hydroxyl groups is 1. The molecule has 1 N–H and O–H groups in total. The van der Waals surface area contributed by atoms with E-state index < -0.39 is 5.60 Å². The Morgan fingerprint density at radius 1 is 1.32 bits per heavy atom. The smallest absolute Gasteiger partial charge is 0.410 e. The van der Waals surface area contributed by atoms with Crippen molar-refractivity contribution in [2.75, 3.05) is 6.61 Å². The number of hydrogen-bond acceptors (Lipinski definition) is 3. The lowest BCUT2D eigenvalue weighted by Crippen LogP contribution is -2.49. The zero-order valence-electron chi connectivity index (χ0n) is 13.8. The fourth-order valence-corrected chi connectivity index (χ4v) is 2.74. The molecule has 1 amide bonds. The van der Waals surface area contributed by atoms with Crippen molar-refractivity contribution in [3.05, 3.63) is 35.9 Å². The molecule has 1 aromatic rings. The summed E-state index contributed by atoms with van der Waals surface area (Å²) in [6.07, 6.45) is 2.97. The predicted molar refractivity (Wildman–Crippen MR) is 86.4 cm³/mol. The average Bonchev–Trinajstić information content (AvgIpc) is 2.39. The number of hydrogen-bond donors (Lipinski definition) is 1. The molecule has 4 nitrogen and oxygen atoms in total. The minimum Gasteiger partial charge on any atom is -0.444 e. The topological polar surface area (TPSA) is 49.8 Å². The number of carbonyl (C=O) groups is 1. The van der Waals surface area contributed by atoms with Crippen LogP contribution in [0, 0.1) is 5.92 Å². The molecule has 1 aromatic carbocycles. The van der Waals surface area contributed by atoms with E-state index >= 15 is 0 Å². The fourth-order valence-electron chi connectivity index (χ4n) is 2.74. The Morgan fingerprint density at radius 2 is 1.95 bits per heavy atom. The average molecular weight is 305 g/mol. The monoisotopic (exact) mass is 305 g/mol. The van der Waals surface area contributed by atoms with Crippen LogP contribution in [0.3, 0.4) is 0 Å². The van der Waals surface area contributed by atoms with E-state index in [4.69, 9.17) is 4.74 Å². The van der Waals surface area contributed by atoms with Crippen molar-refractivity contribution in [1.82, 2.24) is 4.90 Å². The van der Waals surface area contributed by atoms with Crippen LogP contribution in [-0.4, -0.2) is 34.3 Å². The summed E-state index contributed by atoms with van der Waals surface area (Å²) in [6.45, 7) is 6.04. The SMILES string of the molecule is CC(C)(C)OC(=O)N(Cc1ccccc1)C(CO)C1CCC1. The Kier molecular flexibility index (Phi) is 5.46. The van der Waals surface area contributed by atoms with E-state index in [1.165, 1.54) is 6.42 Å². The second-order valence-electron chi connectivity index (χ2n) is 7.03. The standard InChI is InChI=1S/C18H27NO3/c1-18(2,3)22-17(21)19(12-14-8-5-4-6-9-14)16(13-20)15-10-7-11-15/h4-6,8-9,15-16,20H,7,10-13H2,1-3H3. The number of carbonyl (C=O) groups excluding carboxylic acids is 1. The number of aliphatic hydroxyl groups excluding tert-OH is 1. The first-order chi connectivity index (χ1) is 10.4. The normalized spacial score (nSPS) is 16.7. The summed E-state index contributed by atoms with van der Waals surface area (Å²) in [7, 11) is 0. The van der Waals surface area contributed by atoms with Crippen LogP contribution in [0.15, 0.2) is 30.3 Å². The lowest BCUT2D eigenvalue weighted by atomic mass is 9.79. The summed E-state index contributed by atoms with van der Waals surface area (Å²) in [5.74, 6) is 0.376. The van der Waals surface area contributed by atoms with Crippen LogP contribution in [-0.2, 0) is 11.3 Å². The largest absolute Gasteiger partial charge is 0.444 e. The minimum atomic E-state index is -0.536. The molecule has 1 aliphatic carbocycles. The highest BCUT2D eigenvalue weighted by Crippen LogP contribution is 2.33. The summed E-state index contributed by atoms with van der Waals surface area (Å²) in [5.41, 5.74) is 0.511. The number of benzene rings is 1. The maximum absolute atomic E-state index is 12.6. The van der Waals surface area contributed by atoms with Crippen LogP contribution < -0.4 is 0 Å². The van der Waals surface area contributed by atoms with Gasteiger partial charge in [0.1, 0.15) is 5.60 Å². The lowest BCUT2D eigenvalue weighted by Gasteiger charge is -2.40. The van der Waals surface area contributed by atoms with Gasteiger partial charge >= 0.3 is 6.09 Å². The van der Waals surface area contributed by atoms with E-state index in [0.29, 0.717) is 12.5 Å². The first kappa shape index (κ1) is 16.8. The summed E-state index contributed by atoms with van der Waals surface area (Å²) in [6, 6.07) is 9.69. The first-order valence-electron chi connectivity index (χ1n) is 8.05. The van der Waals surface area contributed by atoms with Gasteiger partial charge in [-0.05, 0) is 45.1 Å². The molecular formula is C18H27NO3. The van der Waals surface area contributed by atoms with Crippen molar-refractivity contribution < 1.29 is 14.6 Å². The van der Waals surface area contributed by atoms with Gasteiger partial charge in [0.15, 0.2) is 0 Å². The number of amides is 1. The van der Waals surface area contributed by atoms with Crippen molar-refractivity contribution in [1.29, 1.82) is 0 Å². The molecule has 1 atom stereocenters. The molecule has 122 valence electrons. The predicted octanol–water partition coefficient (Wildman–Crippen LogP) is 3.58. The van der Waals surface area contributed by atoms with Crippen molar-refractivity contribution in [2.45, 2.75) is 58.2 Å². The van der Waals surface area contributed by atoms with Gasteiger partial charge in [0.2, 0.25) is 0 Å². The molecule has 0 aliphatic heterocycles. The number of rotatable bonds is 5. The maximum Gasteiger partial charge on any atom is 0.410 e. The number of ether oxygens (including phenoxy) is 1. The molecule has 1 aliphatic rings. The molecule has 1 unspecified atom stereocenters. The molecule has 0 aromatic heterocycles. The lowest BCUT2D eigenvalue weighted by molar-refractivity contribution is -0.0111. The third-order valence-corrected chi connectivity index (χ3v) is 4.11. The second-order valence-corrected chi connectivity index (χ2v) is 7.03. The Labute approximate surface area is 133 Å². The van der Waals surface area contributed by atoms with Crippen molar-refractivity contribution >= 4 is 6.09 Å². The molecule has 0 bridgehead atoms. The van der Waals surface area contributed by atoms with Gasteiger partial charge in [0, 0.05) is 6.54 Å². The highest BCUT2D eigenvalue weighted by molar-refractivity contribution is 5.68. The van der Waals surface area contributed by atoms with Gasteiger partial charge in [-0.15, -0.1) is 0 Å². The van der Waals surface area contributed by atoms with Gasteiger partial charge in [-0.1, -0.05) is 36.8 Å². The Bertz CT molecular complexity index is 477. The molecule has 1 saturated carbocycles. The zero-order valence-corrected chi connectivity index (χ0v) is 13.8. The molecule has 1 fully saturated rings. The van der Waals surface area contributed by atoms with E-state index in [2.05, 4.69) is 0 Å². The summed E-state index contributed by atoms with van der Waals surface area (Å²) >= 11 is 0. The molecule has 2 rings (SSSR count).